The molecule has 0 saturated heterocycles. The van der Waals surface area contributed by atoms with Gasteiger partial charge in [-0.3, -0.25) is 18.6 Å². The van der Waals surface area contributed by atoms with Crippen LogP contribution in [0.2, 0.25) is 0 Å². The Labute approximate surface area is 478 Å². The highest BCUT2D eigenvalue weighted by atomic mass is 31.2. The van der Waals surface area contributed by atoms with Gasteiger partial charge in [0.05, 0.1) is 33.8 Å². The molecule has 0 spiro atoms. The van der Waals surface area contributed by atoms with Gasteiger partial charge in [-0.1, -0.05) is 269 Å². The number of nitrogens with one attached hydrogen (secondary N) is 1. The quantitative estimate of drug-likeness (QED) is 0.0205. The number of carbonyl (C=O) groups is 2. The molecule has 0 saturated carbocycles. The van der Waals surface area contributed by atoms with Gasteiger partial charge >= 0.3 is 13.8 Å². The number of allylic oxidation sites excluding steroid dienone is 5. The average molecular weight is 1110 g/mol. The summed E-state index contributed by atoms with van der Waals surface area (Å²) >= 11 is 0. The lowest BCUT2D eigenvalue weighted by Gasteiger charge is -2.27. The van der Waals surface area contributed by atoms with E-state index in [1.807, 2.05) is 33.3 Å². The van der Waals surface area contributed by atoms with E-state index in [0.29, 0.717) is 17.4 Å². The second-order valence-corrected chi connectivity index (χ2v) is 25.4. The number of hydrogen-bond donors (Lipinski definition) is 2. The molecule has 0 heterocycles. The fraction of sp³-hybridized carbons (Fsp3) is 0.881. The summed E-state index contributed by atoms with van der Waals surface area (Å²) in [6, 6.07) is -0.847. The lowest BCUT2D eigenvalue weighted by molar-refractivity contribution is -0.870. The molecule has 0 radical (unpaired) electrons. The van der Waals surface area contributed by atoms with Crippen molar-refractivity contribution in [3.8, 4) is 0 Å². The van der Waals surface area contributed by atoms with Crippen molar-refractivity contribution in [1.82, 2.24) is 5.32 Å². The molecule has 0 rings (SSSR count). The van der Waals surface area contributed by atoms with Gasteiger partial charge in [0.25, 0.3) is 0 Å². The van der Waals surface area contributed by atoms with E-state index in [0.717, 1.165) is 57.8 Å². The molecular weight excluding hydrogens is 976 g/mol. The van der Waals surface area contributed by atoms with E-state index < -0.39 is 20.0 Å². The summed E-state index contributed by atoms with van der Waals surface area (Å²) in [5, 5.41) is 3.07. The van der Waals surface area contributed by atoms with Gasteiger partial charge in [0.15, 0.2) is 0 Å². The number of phosphoric ester groups is 1. The Morgan fingerprint density at radius 1 is 0.442 bits per heavy atom. The maximum Gasteiger partial charge on any atom is 0.472 e. The molecule has 0 aromatic heterocycles. The second-order valence-electron chi connectivity index (χ2n) is 24.0. The number of likely N-dealkylation sites (N-methyl/N-ethyl adjacent to an activating group) is 1. The normalized spacial score (nSPS) is 13.8. The molecule has 3 atom stereocenters. The molecule has 9 nitrogen and oxygen atoms in total. The largest absolute Gasteiger partial charge is 0.472 e. The van der Waals surface area contributed by atoms with Crippen LogP contribution in [0.15, 0.2) is 36.5 Å². The van der Waals surface area contributed by atoms with Gasteiger partial charge in [0, 0.05) is 12.8 Å². The summed E-state index contributed by atoms with van der Waals surface area (Å²) in [5.74, 6) is -0.496. The lowest BCUT2D eigenvalue weighted by atomic mass is 10.0. The van der Waals surface area contributed by atoms with Crippen LogP contribution in [0.25, 0.3) is 0 Å². The summed E-state index contributed by atoms with van der Waals surface area (Å²) in [7, 11) is 1.51. The molecule has 10 heteroatoms. The van der Waals surface area contributed by atoms with E-state index in [1.54, 1.807) is 0 Å². The van der Waals surface area contributed by atoms with E-state index in [9.17, 15) is 19.0 Å². The first-order valence-electron chi connectivity index (χ1n) is 33.3. The highest BCUT2D eigenvalue weighted by Gasteiger charge is 2.30. The van der Waals surface area contributed by atoms with Crippen LogP contribution >= 0.6 is 7.82 Å². The summed E-state index contributed by atoms with van der Waals surface area (Å²) in [6.07, 6.45) is 70.0. The minimum atomic E-state index is -4.45. The number of unbranched alkanes of at least 4 members (excludes halogenated alkanes) is 41. The Balaban J connectivity index is 5.14. The van der Waals surface area contributed by atoms with Gasteiger partial charge in [0.2, 0.25) is 5.91 Å². The van der Waals surface area contributed by atoms with Crippen LogP contribution in [0.4, 0.5) is 0 Å². The first kappa shape index (κ1) is 75.2. The van der Waals surface area contributed by atoms with Gasteiger partial charge in [-0.2, -0.15) is 0 Å². The monoisotopic (exact) mass is 1110 g/mol. The third-order valence-corrected chi connectivity index (χ3v) is 16.0. The van der Waals surface area contributed by atoms with Gasteiger partial charge < -0.3 is 19.4 Å². The molecule has 0 bridgehead atoms. The van der Waals surface area contributed by atoms with E-state index >= 15 is 0 Å². The number of esters is 1. The Hall–Kier alpha value is -1.77. The van der Waals surface area contributed by atoms with E-state index in [-0.39, 0.29) is 31.5 Å². The molecule has 3 unspecified atom stereocenters. The fourth-order valence-electron chi connectivity index (χ4n) is 9.87. The van der Waals surface area contributed by atoms with Crippen LogP contribution in [0, 0.1) is 0 Å². The summed E-state index contributed by atoms with van der Waals surface area (Å²) < 4.78 is 30.8. The second kappa shape index (κ2) is 57.5. The van der Waals surface area contributed by atoms with Gasteiger partial charge in [0.1, 0.15) is 19.3 Å². The van der Waals surface area contributed by atoms with Crippen molar-refractivity contribution in [1.29, 1.82) is 0 Å². The first-order valence-corrected chi connectivity index (χ1v) is 34.8. The van der Waals surface area contributed by atoms with E-state index in [1.165, 1.54) is 238 Å². The highest BCUT2D eigenvalue weighted by molar-refractivity contribution is 7.47. The Morgan fingerprint density at radius 3 is 1.12 bits per heavy atom. The van der Waals surface area contributed by atoms with E-state index in [4.69, 9.17) is 13.8 Å². The number of quaternary nitrogens is 1. The average Bonchev–Trinajstić information content (AvgIpc) is 3.39. The Bertz CT molecular complexity index is 1410. The predicted molar refractivity (Wildman–Crippen MR) is 332 cm³/mol. The maximum absolute atomic E-state index is 13.6. The van der Waals surface area contributed by atoms with Crippen LogP contribution in [-0.4, -0.2) is 74.3 Å². The molecule has 0 aromatic carbocycles. The number of nitrogens with zero attached hydrogens (tertiary/aromatic N) is 1. The van der Waals surface area contributed by atoms with Crippen molar-refractivity contribution in [2.24, 2.45) is 0 Å². The van der Waals surface area contributed by atoms with Crippen molar-refractivity contribution in [3.63, 3.8) is 0 Å². The van der Waals surface area contributed by atoms with Crippen LogP contribution in [0.1, 0.15) is 329 Å². The van der Waals surface area contributed by atoms with Crippen molar-refractivity contribution < 1.29 is 37.3 Å². The van der Waals surface area contributed by atoms with Crippen LogP contribution in [0.3, 0.4) is 0 Å². The van der Waals surface area contributed by atoms with Crippen molar-refractivity contribution in [2.45, 2.75) is 341 Å². The first-order chi connectivity index (χ1) is 37.4. The summed E-state index contributed by atoms with van der Waals surface area (Å²) in [6.45, 7) is 7.04. The van der Waals surface area contributed by atoms with Crippen molar-refractivity contribution in [2.75, 3.05) is 40.9 Å². The van der Waals surface area contributed by atoms with Crippen LogP contribution < -0.4 is 5.32 Å². The highest BCUT2D eigenvalue weighted by Crippen LogP contribution is 2.43. The number of hydrogen-bond acceptors (Lipinski definition) is 6. The smallest absolute Gasteiger partial charge is 0.456 e. The minimum Gasteiger partial charge on any atom is -0.456 e. The standard InChI is InChI=1S/C67H129N2O7P/c1-7-10-13-16-19-22-25-28-30-31-32-33-34-35-36-37-39-41-44-47-50-53-56-59-66(70)68-64(63-75-77(72,73)74-62-61-69(4,5)6)65(58-55-52-49-46-43-40-27-24-21-18-15-12-9-3)76-67(71)60-57-54-51-48-45-42-38-29-26-23-20-17-14-11-8-2/h23,26,28,30,55,58,64-65H,7-22,24-25,27,29,31-54,56-57,59-63H2,1-6H3,(H-,68,70,72,73)/p+1/b26-23-,30-28+,58-55-. The molecule has 0 aliphatic heterocycles. The number of amides is 1. The van der Waals surface area contributed by atoms with Crippen molar-refractivity contribution in [3.05, 3.63) is 36.5 Å². The molecule has 0 aliphatic rings. The lowest BCUT2D eigenvalue weighted by Crippen LogP contribution is -2.47. The fourth-order valence-corrected chi connectivity index (χ4v) is 10.6. The van der Waals surface area contributed by atoms with Crippen LogP contribution in [-0.2, 0) is 27.9 Å². The zero-order valence-electron chi connectivity index (χ0n) is 52.0. The summed E-state index contributed by atoms with van der Waals surface area (Å²) in [5.41, 5.74) is 0. The number of phosphoric acid groups is 1. The zero-order valence-corrected chi connectivity index (χ0v) is 52.9. The SMILES string of the molecule is CCCCCC/C=C\CCCCCCCCCC(=O)OC(/C=C\CCCCCCCCCCCCC)C(COP(=O)(O)OCC[N+](C)(C)C)NC(=O)CCCCCCCCCCCCCCC/C=C/CCCCCCCC. The predicted octanol–water partition coefficient (Wildman–Crippen LogP) is 20.7. The number of carbonyl (C=O) groups excluding carboxylic acids is 2. The summed E-state index contributed by atoms with van der Waals surface area (Å²) in [4.78, 5) is 37.8. The maximum atomic E-state index is 13.6. The molecular formula is C67H130N2O7P+. The van der Waals surface area contributed by atoms with Gasteiger partial charge in [-0.25, -0.2) is 4.57 Å². The molecule has 0 fully saturated rings. The molecule has 0 aliphatic carbocycles. The van der Waals surface area contributed by atoms with Crippen molar-refractivity contribution >= 4 is 19.7 Å². The number of rotatable bonds is 61. The van der Waals surface area contributed by atoms with Gasteiger partial charge in [-0.15, -0.1) is 0 Å². The molecule has 454 valence electrons. The molecule has 77 heavy (non-hydrogen) atoms. The third-order valence-electron chi connectivity index (χ3n) is 15.1. The third kappa shape index (κ3) is 58.7. The van der Waals surface area contributed by atoms with Gasteiger partial charge in [-0.05, 0) is 83.1 Å². The number of ether oxygens (including phenoxy) is 1. The zero-order chi connectivity index (χ0) is 56.4. The Morgan fingerprint density at radius 2 is 0.753 bits per heavy atom. The topological polar surface area (TPSA) is 111 Å². The molecule has 2 N–H and O–H groups in total. The van der Waals surface area contributed by atoms with Crippen LogP contribution in [0.5, 0.6) is 0 Å². The molecule has 0 aromatic rings. The Kier molecular flexibility index (Phi) is 56.1. The molecule has 1 amide bonds. The minimum absolute atomic E-state index is 0.0417. The van der Waals surface area contributed by atoms with E-state index in [2.05, 4.69) is 50.4 Å².